The van der Waals surface area contributed by atoms with Gasteiger partial charge in [-0.2, -0.15) is 0 Å². The van der Waals surface area contributed by atoms with Gasteiger partial charge in [0, 0.05) is 26.2 Å². The number of methoxy groups -OCH3 is 1. The molecule has 0 spiro atoms. The van der Waals surface area contributed by atoms with Gasteiger partial charge in [-0.15, -0.1) is 24.0 Å². The summed E-state index contributed by atoms with van der Waals surface area (Å²) in [4.78, 5) is 4.39. The maximum atomic E-state index is 12.2. The summed E-state index contributed by atoms with van der Waals surface area (Å²) < 4.78 is 38.0. The van der Waals surface area contributed by atoms with Crippen LogP contribution in [0.1, 0.15) is 37.3 Å². The third-order valence-electron chi connectivity index (χ3n) is 4.96. The number of rotatable bonds is 11. The predicted octanol–water partition coefficient (Wildman–Crippen LogP) is 2.21. The molecule has 1 atom stereocenters. The molecule has 1 unspecified atom stereocenters. The average molecular weight is 569 g/mol. The minimum atomic E-state index is -3.37. The Kier molecular flexibility index (Phi) is 13.4. The lowest BCUT2D eigenvalue weighted by Crippen LogP contribution is -2.39. The van der Waals surface area contributed by atoms with Crippen molar-refractivity contribution in [1.82, 2.24) is 15.4 Å². The van der Waals surface area contributed by atoms with E-state index >= 15 is 0 Å². The molecule has 1 aliphatic heterocycles. The highest BCUT2D eigenvalue weighted by atomic mass is 127. The Balaban J connectivity index is 0.00000480. The van der Waals surface area contributed by atoms with Crippen LogP contribution in [0.2, 0.25) is 0 Å². The molecule has 0 aromatic heterocycles. The number of hydrogen-bond acceptors (Lipinski definition) is 5. The Morgan fingerprint density at radius 2 is 2.10 bits per heavy atom. The van der Waals surface area contributed by atoms with E-state index in [4.69, 9.17) is 9.47 Å². The van der Waals surface area contributed by atoms with Gasteiger partial charge in [-0.3, -0.25) is 4.99 Å². The van der Waals surface area contributed by atoms with Gasteiger partial charge in [0.25, 0.3) is 0 Å². The Morgan fingerprint density at radius 3 is 2.77 bits per heavy atom. The Hall–Kier alpha value is -1.11. The molecule has 1 aromatic carbocycles. The zero-order valence-electron chi connectivity index (χ0n) is 18.8. The summed E-state index contributed by atoms with van der Waals surface area (Å²) in [5.74, 6) is 1.44. The molecule has 1 aliphatic rings. The summed E-state index contributed by atoms with van der Waals surface area (Å²) in [6.07, 6.45) is 3.83. The van der Waals surface area contributed by atoms with Gasteiger partial charge in [0.2, 0.25) is 10.0 Å². The molecule has 10 heteroatoms. The number of ether oxygens (including phenoxy) is 2. The van der Waals surface area contributed by atoms with Crippen molar-refractivity contribution < 1.29 is 17.9 Å². The van der Waals surface area contributed by atoms with Crippen LogP contribution in [0, 0.1) is 6.92 Å². The van der Waals surface area contributed by atoms with Crippen molar-refractivity contribution in [2.45, 2.75) is 45.6 Å². The highest BCUT2D eigenvalue weighted by molar-refractivity contribution is 14.0. The number of benzene rings is 1. The fraction of sp³-hybridized carbons (Fsp3) is 0.667. The van der Waals surface area contributed by atoms with Crippen LogP contribution in [0.25, 0.3) is 0 Å². The van der Waals surface area contributed by atoms with Crippen LogP contribution in [-0.2, 0) is 21.2 Å². The molecular weight excluding hydrogens is 531 g/mol. The van der Waals surface area contributed by atoms with Crippen LogP contribution in [-0.4, -0.2) is 66.1 Å². The molecule has 31 heavy (non-hydrogen) atoms. The van der Waals surface area contributed by atoms with Crippen LogP contribution in [0.15, 0.2) is 23.2 Å². The van der Waals surface area contributed by atoms with Gasteiger partial charge < -0.3 is 20.1 Å². The topological polar surface area (TPSA) is 101 Å². The van der Waals surface area contributed by atoms with Crippen molar-refractivity contribution in [3.8, 4) is 5.75 Å². The van der Waals surface area contributed by atoms with E-state index < -0.39 is 10.0 Å². The smallest absolute Gasteiger partial charge is 0.213 e. The van der Waals surface area contributed by atoms with Crippen LogP contribution in [0.4, 0.5) is 0 Å². The fourth-order valence-corrected chi connectivity index (χ4v) is 4.14. The second-order valence-corrected chi connectivity index (χ2v) is 9.32. The molecule has 1 aromatic rings. The van der Waals surface area contributed by atoms with Crippen molar-refractivity contribution in [3.63, 3.8) is 0 Å². The number of halogens is 1. The highest BCUT2D eigenvalue weighted by Gasteiger charge is 2.17. The number of nitrogens with zero attached hydrogens (tertiary/aromatic N) is 1. The maximum absolute atomic E-state index is 12.2. The number of aliphatic imine (C=N–C) groups is 1. The molecule has 2 rings (SSSR count). The summed E-state index contributed by atoms with van der Waals surface area (Å²) in [6.45, 7) is 6.62. The zero-order chi connectivity index (χ0) is 21.8. The van der Waals surface area contributed by atoms with Crippen LogP contribution < -0.4 is 20.1 Å². The van der Waals surface area contributed by atoms with Crippen molar-refractivity contribution in [3.05, 3.63) is 29.3 Å². The van der Waals surface area contributed by atoms with Gasteiger partial charge in [-0.25, -0.2) is 13.1 Å². The van der Waals surface area contributed by atoms with Gasteiger partial charge >= 0.3 is 0 Å². The summed E-state index contributed by atoms with van der Waals surface area (Å²) in [5.41, 5.74) is 2.27. The Labute approximate surface area is 204 Å². The molecule has 0 radical (unpaired) electrons. The third kappa shape index (κ3) is 10.8. The van der Waals surface area contributed by atoms with Gasteiger partial charge in [0.1, 0.15) is 5.75 Å². The van der Waals surface area contributed by atoms with Gasteiger partial charge in [-0.1, -0.05) is 12.1 Å². The van der Waals surface area contributed by atoms with Crippen molar-refractivity contribution >= 4 is 40.0 Å². The Bertz CT molecular complexity index is 784. The minimum Gasteiger partial charge on any atom is -0.496 e. The first-order valence-electron chi connectivity index (χ1n) is 10.7. The van der Waals surface area contributed by atoms with Crippen molar-refractivity contribution in [2.75, 3.05) is 45.6 Å². The number of aryl methyl sites for hydroxylation is 1. The number of guanidine groups is 1. The lowest BCUT2D eigenvalue weighted by Gasteiger charge is -2.22. The lowest BCUT2D eigenvalue weighted by atomic mass is 10.1. The monoisotopic (exact) mass is 568 g/mol. The van der Waals surface area contributed by atoms with Crippen molar-refractivity contribution in [2.24, 2.45) is 4.99 Å². The molecule has 1 heterocycles. The molecule has 0 saturated carbocycles. The summed E-state index contributed by atoms with van der Waals surface area (Å²) in [6, 6.07) is 6.16. The van der Waals surface area contributed by atoms with E-state index in [0.29, 0.717) is 32.2 Å². The maximum Gasteiger partial charge on any atom is 0.213 e. The molecule has 0 aliphatic carbocycles. The first kappa shape index (κ1) is 27.9. The van der Waals surface area contributed by atoms with Crippen LogP contribution in [0.5, 0.6) is 5.75 Å². The molecule has 1 saturated heterocycles. The lowest BCUT2D eigenvalue weighted by molar-refractivity contribution is 0.0200. The van der Waals surface area contributed by atoms with E-state index in [9.17, 15) is 8.42 Å². The fourth-order valence-electron chi connectivity index (χ4n) is 3.23. The summed E-state index contributed by atoms with van der Waals surface area (Å²) >= 11 is 0. The van der Waals surface area contributed by atoms with E-state index in [1.807, 2.05) is 26.0 Å². The molecule has 0 amide bonds. The standard InChI is InChI=1S/C21H36N4O4S.HI/c1-4-22-21(23-11-10-18-9-8-17(2)20(15-18)28-3)24-12-14-30(26,27)25-16-19-7-5-6-13-29-19;/h8-9,15,19,25H,4-7,10-14,16H2,1-3H3,(H2,22,23,24);1H. The molecule has 0 bridgehead atoms. The van der Waals surface area contributed by atoms with Gasteiger partial charge in [0.05, 0.1) is 25.5 Å². The van der Waals surface area contributed by atoms with E-state index in [1.165, 1.54) is 0 Å². The predicted molar refractivity (Wildman–Crippen MR) is 136 cm³/mol. The first-order chi connectivity index (χ1) is 14.4. The van der Waals surface area contributed by atoms with E-state index in [2.05, 4.69) is 26.4 Å². The van der Waals surface area contributed by atoms with Gasteiger partial charge in [0.15, 0.2) is 5.96 Å². The zero-order valence-corrected chi connectivity index (χ0v) is 21.9. The Morgan fingerprint density at radius 1 is 1.29 bits per heavy atom. The minimum absolute atomic E-state index is 0. The largest absolute Gasteiger partial charge is 0.496 e. The molecule has 1 fully saturated rings. The van der Waals surface area contributed by atoms with Crippen LogP contribution in [0.3, 0.4) is 0 Å². The quantitative estimate of drug-likeness (QED) is 0.215. The normalized spacial score (nSPS) is 17.0. The van der Waals surface area contributed by atoms with E-state index in [0.717, 1.165) is 42.6 Å². The second-order valence-electron chi connectivity index (χ2n) is 7.40. The number of nitrogens with one attached hydrogen (secondary N) is 3. The summed E-state index contributed by atoms with van der Waals surface area (Å²) in [7, 11) is -1.70. The van der Waals surface area contributed by atoms with Crippen molar-refractivity contribution in [1.29, 1.82) is 0 Å². The molecule has 3 N–H and O–H groups in total. The van der Waals surface area contributed by atoms with E-state index in [1.54, 1.807) is 7.11 Å². The first-order valence-corrected chi connectivity index (χ1v) is 12.3. The third-order valence-corrected chi connectivity index (χ3v) is 6.28. The summed E-state index contributed by atoms with van der Waals surface area (Å²) in [5, 5.41) is 6.40. The number of hydrogen-bond donors (Lipinski definition) is 3. The molecule has 178 valence electrons. The molecule has 8 nitrogen and oxygen atoms in total. The highest BCUT2D eigenvalue weighted by Crippen LogP contribution is 2.19. The van der Waals surface area contributed by atoms with E-state index in [-0.39, 0.29) is 42.4 Å². The van der Waals surface area contributed by atoms with Crippen LogP contribution >= 0.6 is 24.0 Å². The van der Waals surface area contributed by atoms with Gasteiger partial charge in [-0.05, 0) is 56.7 Å². The second kappa shape index (κ2) is 14.9. The molecular formula is C21H37IN4O4S. The SMILES string of the molecule is CCNC(=NCCS(=O)(=O)NCC1CCCCO1)NCCc1ccc(C)c(OC)c1.I. The average Bonchev–Trinajstić information content (AvgIpc) is 2.74. The number of sulfonamides is 1.